The maximum Gasteiger partial charge on any atom is 0.226 e. The summed E-state index contributed by atoms with van der Waals surface area (Å²) in [6, 6.07) is 8.33. The first kappa shape index (κ1) is 15.7. The molecule has 4 nitrogen and oxygen atoms in total. The van der Waals surface area contributed by atoms with E-state index >= 15 is 0 Å². The Morgan fingerprint density at radius 1 is 1.38 bits per heavy atom. The summed E-state index contributed by atoms with van der Waals surface area (Å²) in [7, 11) is 0. The van der Waals surface area contributed by atoms with Gasteiger partial charge in [0.05, 0.1) is 18.2 Å². The second-order valence-electron chi connectivity index (χ2n) is 5.02. The molecule has 112 valence electrons. The van der Waals surface area contributed by atoms with Crippen molar-refractivity contribution in [2.75, 3.05) is 6.54 Å². The molecule has 5 heteroatoms. The van der Waals surface area contributed by atoms with Crippen molar-refractivity contribution in [1.82, 2.24) is 10.3 Å². The average Bonchev–Trinajstić information content (AvgIpc) is 2.93. The Bertz CT molecular complexity index is 591. The predicted octanol–water partition coefficient (Wildman–Crippen LogP) is 2.41. The van der Waals surface area contributed by atoms with Gasteiger partial charge in [-0.3, -0.25) is 4.79 Å². The van der Waals surface area contributed by atoms with Gasteiger partial charge in [0.1, 0.15) is 5.01 Å². The Hall–Kier alpha value is -1.72. The minimum Gasteiger partial charge on any atom is -0.392 e. The van der Waals surface area contributed by atoms with Gasteiger partial charge < -0.3 is 10.4 Å². The van der Waals surface area contributed by atoms with Crippen molar-refractivity contribution in [3.05, 3.63) is 40.9 Å². The Morgan fingerprint density at radius 2 is 2.10 bits per heavy atom. The number of aromatic nitrogens is 1. The maximum atomic E-state index is 11.7. The number of carbonyl (C=O) groups excluding carboxylic acids is 1. The molecule has 0 saturated heterocycles. The number of amides is 1. The number of nitrogens with one attached hydrogen (secondary N) is 1. The number of benzene rings is 1. The molecule has 1 aromatic carbocycles. The molecule has 0 radical (unpaired) electrons. The van der Waals surface area contributed by atoms with Crippen LogP contribution in [0.4, 0.5) is 0 Å². The molecule has 0 aliphatic heterocycles. The predicted molar refractivity (Wildman–Crippen MR) is 85.3 cm³/mol. The maximum absolute atomic E-state index is 11.7. The lowest BCUT2D eigenvalue weighted by Gasteiger charge is -2.05. The van der Waals surface area contributed by atoms with Crippen molar-refractivity contribution < 1.29 is 9.90 Å². The third-order valence-electron chi connectivity index (χ3n) is 3.10. The number of hydrogen-bond donors (Lipinski definition) is 2. The fourth-order valence-electron chi connectivity index (χ4n) is 1.89. The molecule has 2 aromatic rings. The highest BCUT2D eigenvalue weighted by molar-refractivity contribution is 7.13. The highest BCUT2D eigenvalue weighted by atomic mass is 32.1. The number of aliphatic hydroxyl groups excluding tert-OH is 1. The van der Waals surface area contributed by atoms with Crippen LogP contribution in [0.1, 0.15) is 25.1 Å². The van der Waals surface area contributed by atoms with E-state index in [1.807, 2.05) is 5.38 Å². The van der Waals surface area contributed by atoms with Gasteiger partial charge >= 0.3 is 0 Å². The monoisotopic (exact) mass is 304 g/mol. The molecule has 0 fully saturated rings. The van der Waals surface area contributed by atoms with E-state index in [-0.39, 0.29) is 18.9 Å². The van der Waals surface area contributed by atoms with E-state index in [9.17, 15) is 4.79 Å². The van der Waals surface area contributed by atoms with Crippen molar-refractivity contribution in [3.63, 3.8) is 0 Å². The molecule has 0 bridgehead atoms. The summed E-state index contributed by atoms with van der Waals surface area (Å²) >= 11 is 1.54. The van der Waals surface area contributed by atoms with E-state index in [1.165, 1.54) is 5.56 Å². The number of nitrogens with zero attached hydrogens (tertiary/aromatic N) is 1. The molecule has 0 aliphatic rings. The van der Waals surface area contributed by atoms with E-state index in [0.29, 0.717) is 0 Å². The zero-order valence-corrected chi connectivity index (χ0v) is 13.1. The van der Waals surface area contributed by atoms with Crippen LogP contribution in [0.15, 0.2) is 29.6 Å². The topological polar surface area (TPSA) is 62.2 Å². The van der Waals surface area contributed by atoms with E-state index < -0.39 is 6.10 Å². The number of hydrogen-bond acceptors (Lipinski definition) is 4. The van der Waals surface area contributed by atoms with E-state index in [0.717, 1.165) is 22.7 Å². The van der Waals surface area contributed by atoms with Crippen LogP contribution in [0, 0.1) is 0 Å². The highest BCUT2D eigenvalue weighted by Crippen LogP contribution is 2.24. The van der Waals surface area contributed by atoms with Gasteiger partial charge in [0.2, 0.25) is 5.91 Å². The van der Waals surface area contributed by atoms with Crippen LogP contribution in [-0.4, -0.2) is 28.6 Å². The van der Waals surface area contributed by atoms with Crippen molar-refractivity contribution in [1.29, 1.82) is 0 Å². The summed E-state index contributed by atoms with van der Waals surface area (Å²) in [4.78, 5) is 16.2. The molecule has 1 atom stereocenters. The quantitative estimate of drug-likeness (QED) is 0.861. The second kappa shape index (κ2) is 7.33. The molecule has 0 saturated carbocycles. The Kier molecular flexibility index (Phi) is 5.47. The van der Waals surface area contributed by atoms with Crippen molar-refractivity contribution >= 4 is 17.2 Å². The van der Waals surface area contributed by atoms with Gasteiger partial charge in [0.15, 0.2) is 0 Å². The summed E-state index contributed by atoms with van der Waals surface area (Å²) in [6.45, 7) is 4.04. The molecule has 0 aliphatic carbocycles. The average molecular weight is 304 g/mol. The fourth-order valence-corrected chi connectivity index (χ4v) is 2.72. The van der Waals surface area contributed by atoms with E-state index in [1.54, 1.807) is 18.3 Å². The molecule has 2 N–H and O–H groups in total. The first-order chi connectivity index (χ1) is 10.1. The summed E-state index contributed by atoms with van der Waals surface area (Å²) in [5.41, 5.74) is 3.14. The number of thiazole rings is 1. The first-order valence-corrected chi connectivity index (χ1v) is 7.95. The Balaban J connectivity index is 1.98. The van der Waals surface area contributed by atoms with Gasteiger partial charge in [0, 0.05) is 17.5 Å². The van der Waals surface area contributed by atoms with Gasteiger partial charge in [-0.25, -0.2) is 4.98 Å². The molecule has 1 unspecified atom stereocenters. The lowest BCUT2D eigenvalue weighted by molar-refractivity contribution is -0.120. The van der Waals surface area contributed by atoms with Gasteiger partial charge in [-0.1, -0.05) is 31.2 Å². The lowest BCUT2D eigenvalue weighted by Crippen LogP contribution is -2.31. The zero-order chi connectivity index (χ0) is 15.2. The van der Waals surface area contributed by atoms with Gasteiger partial charge in [0.25, 0.3) is 0 Å². The molecule has 21 heavy (non-hydrogen) atoms. The summed E-state index contributed by atoms with van der Waals surface area (Å²) in [5.74, 6) is -0.117. The Morgan fingerprint density at radius 3 is 2.71 bits per heavy atom. The van der Waals surface area contributed by atoms with Crippen molar-refractivity contribution in [2.45, 2.75) is 32.8 Å². The number of carbonyl (C=O) groups is 1. The summed E-state index contributed by atoms with van der Waals surface area (Å²) in [6.07, 6.45) is 0.736. The van der Waals surface area contributed by atoms with Gasteiger partial charge in [-0.15, -0.1) is 11.3 Å². The number of aryl methyl sites for hydroxylation is 1. The summed E-state index contributed by atoms with van der Waals surface area (Å²) in [5, 5.41) is 14.6. The molecular weight excluding hydrogens is 284 g/mol. The lowest BCUT2D eigenvalue weighted by atomic mass is 10.1. The number of rotatable bonds is 6. The number of aliphatic hydroxyl groups is 1. The van der Waals surface area contributed by atoms with Crippen LogP contribution in [0.2, 0.25) is 0 Å². The van der Waals surface area contributed by atoms with Gasteiger partial charge in [-0.2, -0.15) is 0 Å². The van der Waals surface area contributed by atoms with Crippen LogP contribution >= 0.6 is 11.3 Å². The Labute approximate surface area is 128 Å². The normalized spacial score (nSPS) is 12.1. The third-order valence-corrected chi connectivity index (χ3v) is 4.04. The summed E-state index contributed by atoms with van der Waals surface area (Å²) < 4.78 is 0. The fraction of sp³-hybridized carbons (Fsp3) is 0.375. The molecule has 1 aromatic heterocycles. The van der Waals surface area contributed by atoms with E-state index in [4.69, 9.17) is 5.11 Å². The molecule has 1 amide bonds. The van der Waals surface area contributed by atoms with E-state index in [2.05, 4.69) is 41.5 Å². The molecular formula is C16H20N2O2S. The minimum absolute atomic E-state index is 0.117. The van der Waals surface area contributed by atoms with Crippen LogP contribution in [0.5, 0.6) is 0 Å². The molecule has 2 rings (SSSR count). The molecule has 0 spiro atoms. The highest BCUT2D eigenvalue weighted by Gasteiger charge is 2.09. The molecule has 1 heterocycles. The third kappa shape index (κ3) is 4.65. The van der Waals surface area contributed by atoms with Crippen LogP contribution in [-0.2, 0) is 17.6 Å². The van der Waals surface area contributed by atoms with Crippen molar-refractivity contribution in [2.24, 2.45) is 0 Å². The van der Waals surface area contributed by atoms with Crippen LogP contribution in [0.3, 0.4) is 0 Å². The van der Waals surface area contributed by atoms with Crippen molar-refractivity contribution in [3.8, 4) is 10.6 Å². The zero-order valence-electron chi connectivity index (χ0n) is 12.3. The smallest absolute Gasteiger partial charge is 0.226 e. The van der Waals surface area contributed by atoms with Crippen LogP contribution in [0.25, 0.3) is 10.6 Å². The second-order valence-corrected chi connectivity index (χ2v) is 5.88. The van der Waals surface area contributed by atoms with Gasteiger partial charge in [-0.05, 0) is 18.9 Å². The first-order valence-electron chi connectivity index (χ1n) is 7.07. The largest absolute Gasteiger partial charge is 0.392 e. The minimum atomic E-state index is -0.531. The standard InChI is InChI=1S/C16H20N2O2S/c1-3-12-4-6-13(7-5-12)16-18-14(10-21-16)8-15(20)17-9-11(2)19/h4-7,10-11,19H,3,8-9H2,1-2H3,(H,17,20). The van der Waals surface area contributed by atoms with Crippen LogP contribution < -0.4 is 5.32 Å². The SMILES string of the molecule is CCc1ccc(-c2nc(CC(=O)NCC(C)O)cs2)cc1.